The lowest BCUT2D eigenvalue weighted by Crippen LogP contribution is -2.37. The van der Waals surface area contributed by atoms with Crippen LogP contribution in [0.5, 0.6) is 0 Å². The molecular formula is C19H17N5O. The van der Waals surface area contributed by atoms with Gasteiger partial charge in [-0.05, 0) is 30.0 Å². The van der Waals surface area contributed by atoms with Crippen LogP contribution in [-0.2, 0) is 6.42 Å². The molecule has 0 saturated carbocycles. The van der Waals surface area contributed by atoms with Crippen LogP contribution in [0.1, 0.15) is 45.7 Å². The lowest BCUT2D eigenvalue weighted by Gasteiger charge is -2.34. The predicted octanol–water partition coefficient (Wildman–Crippen LogP) is 2.74. The Morgan fingerprint density at radius 1 is 1.40 bits per heavy atom. The number of hydrogen-bond acceptors (Lipinski definition) is 3. The molecule has 2 N–H and O–H groups in total. The van der Waals surface area contributed by atoms with Crippen molar-refractivity contribution in [3.8, 4) is 6.07 Å². The Labute approximate surface area is 145 Å². The summed E-state index contributed by atoms with van der Waals surface area (Å²) in [6.07, 6.45) is 8.90. The van der Waals surface area contributed by atoms with Crippen LogP contribution >= 0.6 is 0 Å². The van der Waals surface area contributed by atoms with Crippen LogP contribution in [0.15, 0.2) is 55.2 Å². The largest absolute Gasteiger partial charge is 0.356 e. The molecular weight excluding hydrogens is 314 g/mol. The van der Waals surface area contributed by atoms with Gasteiger partial charge in [-0.1, -0.05) is 24.3 Å². The zero-order valence-corrected chi connectivity index (χ0v) is 13.5. The van der Waals surface area contributed by atoms with E-state index in [4.69, 9.17) is 5.26 Å². The third-order valence-corrected chi connectivity index (χ3v) is 4.74. The number of carbonyl (C=O) groups excluding carboxylic acids is 1. The van der Waals surface area contributed by atoms with Gasteiger partial charge in [0.25, 0.3) is 5.91 Å². The average Bonchev–Trinajstić information content (AvgIpc) is 3.33. The Bertz CT molecular complexity index is 935. The Morgan fingerprint density at radius 3 is 3.04 bits per heavy atom. The summed E-state index contributed by atoms with van der Waals surface area (Å²) in [6, 6.07) is 11.8. The number of imidazole rings is 1. The quantitative estimate of drug-likeness (QED) is 0.773. The van der Waals surface area contributed by atoms with E-state index in [0.717, 1.165) is 18.4 Å². The van der Waals surface area contributed by atoms with E-state index in [1.165, 1.54) is 11.8 Å². The van der Waals surface area contributed by atoms with E-state index in [1.807, 2.05) is 24.4 Å². The molecule has 6 nitrogen and oxygen atoms in total. The Hall–Kier alpha value is -3.33. The number of fused-ring (bicyclic) bond motifs is 1. The van der Waals surface area contributed by atoms with Crippen molar-refractivity contribution in [2.45, 2.75) is 24.9 Å². The number of aromatic nitrogens is 3. The fourth-order valence-electron chi connectivity index (χ4n) is 3.51. The Balaban J connectivity index is 1.67. The van der Waals surface area contributed by atoms with E-state index in [2.05, 4.69) is 32.0 Å². The van der Waals surface area contributed by atoms with E-state index in [9.17, 15) is 4.79 Å². The molecule has 3 aromatic rings. The Kier molecular flexibility index (Phi) is 3.82. The summed E-state index contributed by atoms with van der Waals surface area (Å²) in [4.78, 5) is 19.7. The first-order chi connectivity index (χ1) is 12.3. The van der Waals surface area contributed by atoms with Crippen molar-refractivity contribution in [3.63, 3.8) is 0 Å². The molecule has 0 bridgehead atoms. The van der Waals surface area contributed by atoms with Crippen molar-refractivity contribution < 1.29 is 4.79 Å². The van der Waals surface area contributed by atoms with Gasteiger partial charge in [-0.2, -0.15) is 5.26 Å². The molecule has 4 rings (SSSR count). The number of benzene rings is 1. The molecule has 6 heteroatoms. The Morgan fingerprint density at radius 2 is 2.28 bits per heavy atom. The van der Waals surface area contributed by atoms with Crippen LogP contribution < -0.4 is 5.32 Å². The van der Waals surface area contributed by atoms with Crippen molar-refractivity contribution >= 4 is 5.91 Å². The highest BCUT2D eigenvalue weighted by Crippen LogP contribution is 2.37. The highest BCUT2D eigenvalue weighted by Gasteiger charge is 2.32. The number of hydrogen-bond donors (Lipinski definition) is 2. The van der Waals surface area contributed by atoms with Crippen LogP contribution in [0.4, 0.5) is 0 Å². The molecule has 0 aliphatic heterocycles. The van der Waals surface area contributed by atoms with Crippen molar-refractivity contribution in [2.24, 2.45) is 0 Å². The minimum absolute atomic E-state index is 0.103. The van der Waals surface area contributed by atoms with Crippen molar-refractivity contribution in [1.29, 1.82) is 5.26 Å². The molecule has 0 radical (unpaired) electrons. The van der Waals surface area contributed by atoms with Gasteiger partial charge in [-0.15, -0.1) is 0 Å². The normalized spacial score (nSPS) is 19.0. The summed E-state index contributed by atoms with van der Waals surface area (Å²) in [5, 5.41) is 12.1. The third-order valence-electron chi connectivity index (χ3n) is 4.74. The van der Waals surface area contributed by atoms with Gasteiger partial charge in [-0.25, -0.2) is 4.98 Å². The van der Waals surface area contributed by atoms with E-state index in [0.29, 0.717) is 11.3 Å². The fraction of sp³-hybridized carbons (Fsp3) is 0.211. The minimum atomic E-state index is -0.215. The molecule has 0 spiro atoms. The zero-order chi connectivity index (χ0) is 17.2. The topological polar surface area (TPSA) is 86.5 Å². The molecule has 2 heterocycles. The molecule has 1 aromatic carbocycles. The van der Waals surface area contributed by atoms with E-state index in [-0.39, 0.29) is 18.0 Å². The van der Waals surface area contributed by atoms with Crippen LogP contribution in [0, 0.1) is 11.3 Å². The van der Waals surface area contributed by atoms with Crippen molar-refractivity contribution in [1.82, 2.24) is 19.9 Å². The first-order valence-electron chi connectivity index (χ1n) is 8.21. The predicted molar refractivity (Wildman–Crippen MR) is 91.7 cm³/mol. The number of aromatic amines is 1. The molecule has 0 fully saturated rings. The van der Waals surface area contributed by atoms with E-state index < -0.39 is 0 Å². The average molecular weight is 331 g/mol. The number of rotatable bonds is 3. The summed E-state index contributed by atoms with van der Waals surface area (Å²) in [5.74, 6) is -0.215. The summed E-state index contributed by atoms with van der Waals surface area (Å²) in [7, 11) is 0. The number of carbonyl (C=O) groups is 1. The van der Waals surface area contributed by atoms with Gasteiger partial charge in [-0.3, -0.25) is 4.79 Å². The molecule has 2 atom stereocenters. The van der Waals surface area contributed by atoms with Gasteiger partial charge in [0.2, 0.25) is 0 Å². The standard InChI is InChI=1S/C19H17N5O/c20-10-13-9-16(22-11-13)19(25)23-18-15-4-2-1-3-14(15)5-6-17(18)24-8-7-21-12-24/h1-4,7-9,11-12,17-18,22H,5-6H2,(H,23,25)/t17-,18-/m0/s1. The summed E-state index contributed by atoms with van der Waals surface area (Å²) < 4.78 is 2.05. The van der Waals surface area contributed by atoms with E-state index >= 15 is 0 Å². The molecule has 1 amide bonds. The second-order valence-electron chi connectivity index (χ2n) is 6.18. The lowest BCUT2D eigenvalue weighted by molar-refractivity contribution is 0.0913. The molecule has 124 valence electrons. The molecule has 2 aromatic heterocycles. The van der Waals surface area contributed by atoms with Crippen molar-refractivity contribution in [3.05, 3.63) is 77.6 Å². The van der Waals surface area contributed by atoms with Crippen LogP contribution in [0.2, 0.25) is 0 Å². The maximum atomic E-state index is 12.7. The minimum Gasteiger partial charge on any atom is -0.356 e. The van der Waals surface area contributed by atoms with Crippen molar-refractivity contribution in [2.75, 3.05) is 0 Å². The first-order valence-corrected chi connectivity index (χ1v) is 8.21. The second-order valence-corrected chi connectivity index (χ2v) is 6.18. The highest BCUT2D eigenvalue weighted by molar-refractivity contribution is 5.93. The number of nitrogens with zero attached hydrogens (tertiary/aromatic N) is 3. The molecule has 25 heavy (non-hydrogen) atoms. The van der Waals surface area contributed by atoms with Gasteiger partial charge in [0.05, 0.1) is 24.0 Å². The number of amides is 1. The van der Waals surface area contributed by atoms with E-state index in [1.54, 1.807) is 18.6 Å². The highest BCUT2D eigenvalue weighted by atomic mass is 16.2. The molecule has 0 unspecified atom stereocenters. The number of nitrogens with one attached hydrogen (secondary N) is 2. The summed E-state index contributed by atoms with van der Waals surface area (Å²) in [5.41, 5.74) is 3.23. The molecule has 0 saturated heterocycles. The number of nitriles is 1. The molecule has 1 aliphatic rings. The number of aryl methyl sites for hydroxylation is 1. The van der Waals surface area contributed by atoms with Crippen LogP contribution in [-0.4, -0.2) is 20.4 Å². The third kappa shape index (κ3) is 2.81. The van der Waals surface area contributed by atoms with Gasteiger partial charge >= 0.3 is 0 Å². The van der Waals surface area contributed by atoms with Crippen LogP contribution in [0.25, 0.3) is 0 Å². The first kappa shape index (κ1) is 15.2. The SMILES string of the molecule is N#Cc1c[nH]c(C(=O)N[C@H]2c3ccccc3CC[C@@H]2n2ccnc2)c1. The van der Waals surface area contributed by atoms with Gasteiger partial charge < -0.3 is 14.9 Å². The zero-order valence-electron chi connectivity index (χ0n) is 13.5. The summed E-state index contributed by atoms with van der Waals surface area (Å²) in [6.45, 7) is 0. The maximum Gasteiger partial charge on any atom is 0.268 e. The lowest BCUT2D eigenvalue weighted by atomic mass is 9.83. The summed E-state index contributed by atoms with van der Waals surface area (Å²) >= 11 is 0. The molecule has 1 aliphatic carbocycles. The maximum absolute atomic E-state index is 12.7. The fourth-order valence-corrected chi connectivity index (χ4v) is 3.51. The monoisotopic (exact) mass is 331 g/mol. The number of H-pyrrole nitrogens is 1. The second kappa shape index (κ2) is 6.29. The smallest absolute Gasteiger partial charge is 0.268 e. The van der Waals surface area contributed by atoms with Crippen LogP contribution in [0.3, 0.4) is 0 Å². The van der Waals surface area contributed by atoms with Gasteiger partial charge in [0.1, 0.15) is 11.8 Å². The van der Waals surface area contributed by atoms with Gasteiger partial charge in [0, 0.05) is 18.6 Å². The van der Waals surface area contributed by atoms with Gasteiger partial charge in [0.15, 0.2) is 0 Å².